The average Bonchev–Trinajstić information content (AvgIpc) is 3.07. The number of carbonyl (C=O) groups excluding carboxylic acids is 4. The average molecular weight is 917 g/mol. The van der Waals surface area contributed by atoms with Gasteiger partial charge in [-0.25, -0.2) is 8.78 Å². The maximum atomic E-state index is 13.7. The normalized spacial score (nSPS) is 32.5. The number of ether oxygens (including phenoxy) is 4. The number of hydrogen-bond acceptors (Lipinski definition) is 8. The Morgan fingerprint density at radius 3 is 1.26 bits per heavy atom. The minimum absolute atomic E-state index is 0. The van der Waals surface area contributed by atoms with Gasteiger partial charge in [0.1, 0.15) is 11.2 Å². The van der Waals surface area contributed by atoms with E-state index in [1.165, 1.54) is 0 Å². The molecule has 8 rings (SSSR count). The zero-order chi connectivity index (χ0) is 43.3. The van der Waals surface area contributed by atoms with Crippen LogP contribution in [-0.2, 0) is 38.1 Å². The zero-order valence-electron chi connectivity index (χ0n) is 33.2. The number of carbonyl (C=O) groups is 4. The molecule has 0 saturated heterocycles. The van der Waals surface area contributed by atoms with E-state index in [2.05, 4.69) is 4.74 Å². The van der Waals surface area contributed by atoms with Crippen LogP contribution < -0.4 is 0 Å². The minimum Gasteiger partial charge on any atom is -0.465 e. The first-order chi connectivity index (χ1) is 26.6. The molecule has 0 spiro atoms. The highest BCUT2D eigenvalue weighted by Crippen LogP contribution is 2.65. The van der Waals surface area contributed by atoms with E-state index in [0.717, 1.165) is 12.8 Å². The van der Waals surface area contributed by atoms with Crippen molar-refractivity contribution < 1.29 is 82.0 Å². The minimum atomic E-state index is -6.09. The molecule has 0 aromatic rings. The van der Waals surface area contributed by atoms with Crippen LogP contribution in [0.4, 0.5) is 43.9 Å². The van der Waals surface area contributed by atoms with E-state index < -0.39 is 84.2 Å². The summed E-state index contributed by atoms with van der Waals surface area (Å²) >= 11 is 0. The molecule has 8 nitrogen and oxygen atoms in total. The predicted molar refractivity (Wildman–Crippen MR) is 211 cm³/mol. The van der Waals surface area contributed by atoms with Crippen molar-refractivity contribution in [3.8, 4) is 0 Å². The lowest BCUT2D eigenvalue weighted by molar-refractivity contribution is -0.301. The highest BCUT2D eigenvalue weighted by molar-refractivity contribution is 5.79. The second-order valence-corrected chi connectivity index (χ2v) is 18.6. The lowest BCUT2D eigenvalue weighted by Gasteiger charge is -2.59. The quantitative estimate of drug-likeness (QED) is 0.0964. The second kappa shape index (κ2) is 20.1. The molecule has 0 aromatic heterocycles. The topological polar surface area (TPSA) is 105 Å². The van der Waals surface area contributed by atoms with Gasteiger partial charge in [0.2, 0.25) is 0 Å². The lowest BCUT2D eigenvalue weighted by atomic mass is 9.48. The van der Waals surface area contributed by atoms with Crippen LogP contribution in [0.1, 0.15) is 160 Å². The number of hydrogen-bond donors (Lipinski definition) is 0. The standard InChI is InChI=1S/C22H29F7O4.C18H25F3O4.4CH4/c1-3-13(2)16(30)33-19-9-14-6-15(10-19)8-18(7-14,11-19)17(31)32-5-4-20(23,24)12-21(25,26)22(27,28)29;1-3-11(2)14(22)25-17-7-12-4-13(8-17)6-16(5-12,9-17)15(23)24-10-18(19,20)21;;;;/h13-15H,3-12H2,1-2H3;11-13H,3-10H2,1-2H3;4*1H4. The summed E-state index contributed by atoms with van der Waals surface area (Å²) in [5.74, 6) is -12.0. The van der Waals surface area contributed by atoms with Crippen molar-refractivity contribution in [1.29, 1.82) is 0 Å². The van der Waals surface area contributed by atoms with Gasteiger partial charge in [0, 0.05) is 19.3 Å². The maximum Gasteiger partial charge on any atom is 0.453 e. The van der Waals surface area contributed by atoms with E-state index in [0.29, 0.717) is 70.6 Å². The molecular weight excluding hydrogens is 846 g/mol. The summed E-state index contributed by atoms with van der Waals surface area (Å²) < 4.78 is 149. The summed E-state index contributed by atoms with van der Waals surface area (Å²) in [4.78, 5) is 50.1. The van der Waals surface area contributed by atoms with E-state index in [1.54, 1.807) is 13.8 Å². The second-order valence-electron chi connectivity index (χ2n) is 18.6. The molecule has 8 aliphatic carbocycles. The molecular formula is C44H70F10O8. The maximum absolute atomic E-state index is 13.7. The van der Waals surface area contributed by atoms with Gasteiger partial charge < -0.3 is 18.9 Å². The van der Waals surface area contributed by atoms with E-state index in [9.17, 15) is 63.1 Å². The third-order valence-electron chi connectivity index (χ3n) is 13.5. The van der Waals surface area contributed by atoms with Crippen molar-refractivity contribution in [2.75, 3.05) is 13.2 Å². The van der Waals surface area contributed by atoms with E-state index in [1.807, 2.05) is 13.8 Å². The van der Waals surface area contributed by atoms with Crippen LogP contribution >= 0.6 is 0 Å². The van der Waals surface area contributed by atoms with Gasteiger partial charge in [-0.15, -0.1) is 0 Å². The van der Waals surface area contributed by atoms with Crippen LogP contribution in [0.2, 0.25) is 0 Å². The highest BCUT2D eigenvalue weighted by Gasteiger charge is 2.65. The fraction of sp³-hybridized carbons (Fsp3) is 0.909. The molecule has 6 atom stereocenters. The number of rotatable bonds is 14. The van der Waals surface area contributed by atoms with Crippen LogP contribution in [0, 0.1) is 46.3 Å². The lowest BCUT2D eigenvalue weighted by Crippen LogP contribution is -2.60. The van der Waals surface area contributed by atoms with Gasteiger partial charge in [0.15, 0.2) is 6.61 Å². The monoisotopic (exact) mass is 916 g/mol. The van der Waals surface area contributed by atoms with Gasteiger partial charge in [-0.1, -0.05) is 57.4 Å². The first-order valence-electron chi connectivity index (χ1n) is 20.3. The van der Waals surface area contributed by atoms with Crippen molar-refractivity contribution in [3.63, 3.8) is 0 Å². The molecule has 0 amide bonds. The van der Waals surface area contributed by atoms with Crippen molar-refractivity contribution >= 4 is 23.9 Å². The van der Waals surface area contributed by atoms with Crippen LogP contribution in [0.25, 0.3) is 0 Å². The number of alkyl halides is 10. The smallest absolute Gasteiger partial charge is 0.453 e. The Balaban J connectivity index is 0.000000600. The molecule has 0 aromatic carbocycles. The summed E-state index contributed by atoms with van der Waals surface area (Å²) in [5, 5.41) is 0. The Hall–Kier alpha value is -2.82. The summed E-state index contributed by atoms with van der Waals surface area (Å²) in [6, 6.07) is 0. The summed E-state index contributed by atoms with van der Waals surface area (Å²) in [7, 11) is 0. The molecule has 364 valence electrons. The highest BCUT2D eigenvalue weighted by atomic mass is 19.4. The van der Waals surface area contributed by atoms with Crippen molar-refractivity contribution in [2.45, 2.75) is 196 Å². The summed E-state index contributed by atoms with van der Waals surface area (Å²) in [6.07, 6.45) is -6.54. The first-order valence-corrected chi connectivity index (χ1v) is 20.3. The Morgan fingerprint density at radius 2 is 0.935 bits per heavy atom. The van der Waals surface area contributed by atoms with Gasteiger partial charge >= 0.3 is 42.2 Å². The van der Waals surface area contributed by atoms with Crippen molar-refractivity contribution in [3.05, 3.63) is 0 Å². The number of esters is 4. The zero-order valence-corrected chi connectivity index (χ0v) is 33.2. The molecule has 0 radical (unpaired) electrons. The van der Waals surface area contributed by atoms with E-state index >= 15 is 0 Å². The van der Waals surface area contributed by atoms with Crippen molar-refractivity contribution in [1.82, 2.24) is 0 Å². The Labute approximate surface area is 360 Å². The van der Waals surface area contributed by atoms with Crippen LogP contribution in [-0.4, -0.2) is 72.5 Å². The van der Waals surface area contributed by atoms with Crippen molar-refractivity contribution in [2.24, 2.45) is 46.3 Å². The molecule has 8 saturated carbocycles. The van der Waals surface area contributed by atoms with Gasteiger partial charge in [-0.2, -0.15) is 35.1 Å². The van der Waals surface area contributed by atoms with E-state index in [-0.39, 0.29) is 83.6 Å². The van der Waals surface area contributed by atoms with Gasteiger partial charge in [-0.3, -0.25) is 19.2 Å². The predicted octanol–water partition coefficient (Wildman–Crippen LogP) is 12.6. The fourth-order valence-corrected chi connectivity index (χ4v) is 11.3. The molecule has 18 heteroatoms. The molecule has 0 heterocycles. The van der Waals surface area contributed by atoms with E-state index in [4.69, 9.17) is 14.2 Å². The molecule has 0 aliphatic heterocycles. The van der Waals surface area contributed by atoms with Gasteiger partial charge in [-0.05, 0) is 101 Å². The van der Waals surface area contributed by atoms with Gasteiger partial charge in [0.25, 0.3) is 5.92 Å². The third kappa shape index (κ3) is 12.7. The number of halogens is 10. The van der Waals surface area contributed by atoms with Crippen LogP contribution in [0.15, 0.2) is 0 Å². The summed E-state index contributed by atoms with van der Waals surface area (Å²) in [6.45, 7) is 4.77. The molecule has 62 heavy (non-hydrogen) atoms. The molecule has 8 aliphatic rings. The third-order valence-corrected chi connectivity index (χ3v) is 13.5. The largest absolute Gasteiger partial charge is 0.465 e. The van der Waals surface area contributed by atoms with Crippen LogP contribution in [0.5, 0.6) is 0 Å². The van der Waals surface area contributed by atoms with Crippen LogP contribution in [0.3, 0.4) is 0 Å². The summed E-state index contributed by atoms with van der Waals surface area (Å²) in [5.41, 5.74) is -3.47. The molecule has 8 fully saturated rings. The Morgan fingerprint density at radius 1 is 0.581 bits per heavy atom. The molecule has 0 N–H and O–H groups in total. The Kier molecular flexibility index (Phi) is 18.6. The van der Waals surface area contributed by atoms with Gasteiger partial charge in [0.05, 0.1) is 35.7 Å². The Bertz CT molecular complexity index is 1520. The molecule has 6 unspecified atom stereocenters. The molecule has 8 bridgehead atoms. The SMILES string of the molecule is C.C.C.C.CCC(C)C(=O)OC12CC3CC(C1)CC(C(=O)OCC(F)(F)F)(C3)C2.CCC(C)C(=O)OC12CC3CC(C1)CC(C(=O)OCCC(F)(F)CC(F)(F)C(F)(F)F)(C3)C2. The first kappa shape index (κ1) is 57.2. The fourth-order valence-electron chi connectivity index (χ4n) is 11.3.